The Labute approximate surface area is 107 Å². The number of carbonyl (C=O) groups excluding carboxylic acids is 1. The molecule has 7 heteroatoms. The summed E-state index contributed by atoms with van der Waals surface area (Å²) in [6, 6.07) is 2.22. The van der Waals surface area contributed by atoms with Crippen LogP contribution in [0.4, 0.5) is 17.6 Å². The van der Waals surface area contributed by atoms with Crippen LogP contribution in [0.25, 0.3) is 0 Å². The van der Waals surface area contributed by atoms with Gasteiger partial charge in [-0.05, 0) is 37.6 Å². The van der Waals surface area contributed by atoms with Crippen molar-refractivity contribution >= 4 is 5.91 Å². The number of hydrogen-bond donors (Lipinski definition) is 2. The molecule has 0 aliphatic heterocycles. The average molecular weight is 278 g/mol. The first-order chi connectivity index (χ1) is 8.52. The number of nitrogens with one attached hydrogen (secondary N) is 1. The van der Waals surface area contributed by atoms with E-state index in [1.165, 1.54) is 13.8 Å². The third-order valence-corrected chi connectivity index (χ3v) is 2.64. The minimum absolute atomic E-state index is 0.0849. The topological polar surface area (TPSA) is 55.1 Å². The number of rotatable bonds is 4. The summed E-state index contributed by atoms with van der Waals surface area (Å²) in [6.07, 6.45) is -4.62. The number of nitrogens with two attached hydrogens (primary N) is 1. The van der Waals surface area contributed by atoms with E-state index in [-0.39, 0.29) is 12.1 Å². The fourth-order valence-corrected chi connectivity index (χ4v) is 1.33. The van der Waals surface area contributed by atoms with Crippen LogP contribution in [0.15, 0.2) is 18.2 Å². The molecule has 1 rings (SSSR count). The SMILES string of the molecule is CC(C)(NCc1cc(F)cc(C(F)(F)F)c1)C(N)=O. The Kier molecular flexibility index (Phi) is 4.19. The minimum Gasteiger partial charge on any atom is -0.368 e. The van der Waals surface area contributed by atoms with Gasteiger partial charge in [-0.1, -0.05) is 0 Å². The van der Waals surface area contributed by atoms with Crippen molar-refractivity contribution in [2.75, 3.05) is 0 Å². The summed E-state index contributed by atoms with van der Waals surface area (Å²) in [5.74, 6) is -1.64. The summed E-state index contributed by atoms with van der Waals surface area (Å²) in [7, 11) is 0. The summed E-state index contributed by atoms with van der Waals surface area (Å²) in [5, 5.41) is 2.67. The van der Waals surface area contributed by atoms with Crippen LogP contribution >= 0.6 is 0 Å². The van der Waals surface area contributed by atoms with Crippen LogP contribution in [0.3, 0.4) is 0 Å². The van der Waals surface area contributed by atoms with Crippen molar-refractivity contribution in [1.82, 2.24) is 5.32 Å². The van der Waals surface area contributed by atoms with E-state index in [1.54, 1.807) is 0 Å². The van der Waals surface area contributed by atoms with Gasteiger partial charge < -0.3 is 5.73 Å². The van der Waals surface area contributed by atoms with E-state index < -0.39 is 29.0 Å². The van der Waals surface area contributed by atoms with Gasteiger partial charge in [0.25, 0.3) is 0 Å². The van der Waals surface area contributed by atoms with Crippen LogP contribution in [0.2, 0.25) is 0 Å². The number of primary amides is 1. The molecule has 0 bridgehead atoms. The third kappa shape index (κ3) is 4.20. The standard InChI is InChI=1S/C12H14F4N2O/c1-11(2,10(17)19)18-6-7-3-8(12(14,15)16)5-9(13)4-7/h3-5,18H,6H2,1-2H3,(H2,17,19). The Morgan fingerprint density at radius 1 is 1.26 bits per heavy atom. The molecule has 0 aromatic heterocycles. The van der Waals surface area contributed by atoms with Crippen LogP contribution in [0.1, 0.15) is 25.0 Å². The molecule has 0 radical (unpaired) electrons. The molecule has 106 valence electrons. The number of alkyl halides is 3. The monoisotopic (exact) mass is 278 g/mol. The Hall–Kier alpha value is -1.63. The van der Waals surface area contributed by atoms with E-state index in [9.17, 15) is 22.4 Å². The Bertz CT molecular complexity index is 483. The van der Waals surface area contributed by atoms with Gasteiger partial charge in [-0.25, -0.2) is 4.39 Å². The highest BCUT2D eigenvalue weighted by atomic mass is 19.4. The zero-order valence-electron chi connectivity index (χ0n) is 10.4. The molecule has 0 heterocycles. The summed E-state index contributed by atoms with van der Waals surface area (Å²) in [6.45, 7) is 2.87. The second kappa shape index (κ2) is 5.16. The van der Waals surface area contributed by atoms with Crippen molar-refractivity contribution in [3.8, 4) is 0 Å². The smallest absolute Gasteiger partial charge is 0.368 e. The van der Waals surface area contributed by atoms with Gasteiger partial charge in [0.1, 0.15) is 5.82 Å². The Morgan fingerprint density at radius 2 is 1.84 bits per heavy atom. The fraction of sp³-hybridized carbons (Fsp3) is 0.417. The van der Waals surface area contributed by atoms with Crippen LogP contribution in [-0.4, -0.2) is 11.4 Å². The maximum absolute atomic E-state index is 13.1. The second-order valence-electron chi connectivity index (χ2n) is 4.69. The van der Waals surface area contributed by atoms with Gasteiger partial charge in [0.15, 0.2) is 0 Å². The number of benzene rings is 1. The molecule has 0 unspecified atom stereocenters. The van der Waals surface area contributed by atoms with E-state index in [1.807, 2.05) is 0 Å². The van der Waals surface area contributed by atoms with E-state index in [0.29, 0.717) is 6.07 Å². The average Bonchev–Trinajstić information content (AvgIpc) is 2.24. The number of hydrogen-bond acceptors (Lipinski definition) is 2. The Balaban J connectivity index is 2.91. The molecule has 0 saturated heterocycles. The van der Waals surface area contributed by atoms with Gasteiger partial charge in [-0.3, -0.25) is 10.1 Å². The highest BCUT2D eigenvalue weighted by molar-refractivity contribution is 5.83. The lowest BCUT2D eigenvalue weighted by Crippen LogP contribution is -2.50. The maximum Gasteiger partial charge on any atom is 0.416 e. The first-order valence-electron chi connectivity index (χ1n) is 5.44. The molecule has 0 fully saturated rings. The van der Waals surface area contributed by atoms with Crippen molar-refractivity contribution in [1.29, 1.82) is 0 Å². The number of halogens is 4. The Morgan fingerprint density at radius 3 is 2.32 bits per heavy atom. The lowest BCUT2D eigenvalue weighted by Gasteiger charge is -2.22. The fourth-order valence-electron chi connectivity index (χ4n) is 1.33. The normalized spacial score (nSPS) is 12.5. The second-order valence-corrected chi connectivity index (χ2v) is 4.69. The van der Waals surface area contributed by atoms with Crippen LogP contribution < -0.4 is 11.1 Å². The molecule has 19 heavy (non-hydrogen) atoms. The van der Waals surface area contributed by atoms with Crippen LogP contribution in [0, 0.1) is 5.82 Å². The molecule has 3 N–H and O–H groups in total. The van der Waals surface area contributed by atoms with Crippen LogP contribution in [-0.2, 0) is 17.5 Å². The molecule has 1 amide bonds. The molecule has 0 aliphatic rings. The molecular weight excluding hydrogens is 264 g/mol. The molecule has 0 saturated carbocycles. The predicted molar refractivity (Wildman–Crippen MR) is 61.5 cm³/mol. The lowest BCUT2D eigenvalue weighted by atomic mass is 10.0. The van der Waals surface area contributed by atoms with E-state index in [2.05, 4.69) is 5.32 Å². The van der Waals surface area contributed by atoms with Crippen molar-refractivity contribution in [3.63, 3.8) is 0 Å². The maximum atomic E-state index is 13.1. The number of amides is 1. The van der Waals surface area contributed by atoms with Gasteiger partial charge in [0.2, 0.25) is 5.91 Å². The van der Waals surface area contributed by atoms with Gasteiger partial charge in [0, 0.05) is 6.54 Å². The van der Waals surface area contributed by atoms with Gasteiger partial charge in [-0.15, -0.1) is 0 Å². The minimum atomic E-state index is -4.62. The molecule has 1 aromatic carbocycles. The summed E-state index contributed by atoms with van der Waals surface area (Å²) in [4.78, 5) is 11.0. The molecule has 3 nitrogen and oxygen atoms in total. The van der Waals surface area contributed by atoms with Gasteiger partial charge in [-0.2, -0.15) is 13.2 Å². The first kappa shape index (κ1) is 15.4. The molecule has 0 spiro atoms. The van der Waals surface area contributed by atoms with E-state index in [0.717, 1.165) is 12.1 Å². The largest absolute Gasteiger partial charge is 0.416 e. The highest BCUT2D eigenvalue weighted by Gasteiger charge is 2.31. The number of carbonyl (C=O) groups is 1. The highest BCUT2D eigenvalue weighted by Crippen LogP contribution is 2.30. The first-order valence-corrected chi connectivity index (χ1v) is 5.44. The summed E-state index contributed by atoms with van der Waals surface area (Å²) >= 11 is 0. The zero-order valence-corrected chi connectivity index (χ0v) is 10.4. The summed E-state index contributed by atoms with van der Waals surface area (Å²) < 4.78 is 50.6. The van der Waals surface area contributed by atoms with Crippen molar-refractivity contribution < 1.29 is 22.4 Å². The molecule has 1 aromatic rings. The predicted octanol–water partition coefficient (Wildman–Crippen LogP) is 2.20. The van der Waals surface area contributed by atoms with Crippen molar-refractivity contribution in [2.45, 2.75) is 32.1 Å². The van der Waals surface area contributed by atoms with E-state index in [4.69, 9.17) is 5.73 Å². The van der Waals surface area contributed by atoms with Gasteiger partial charge >= 0.3 is 6.18 Å². The molecule has 0 atom stereocenters. The molecular formula is C12H14F4N2O. The zero-order chi connectivity index (χ0) is 14.8. The lowest BCUT2D eigenvalue weighted by molar-refractivity contribution is -0.137. The van der Waals surface area contributed by atoms with Crippen molar-refractivity contribution in [3.05, 3.63) is 35.1 Å². The summed E-state index contributed by atoms with van der Waals surface area (Å²) in [5.41, 5.74) is 3.03. The molecule has 0 aliphatic carbocycles. The van der Waals surface area contributed by atoms with E-state index >= 15 is 0 Å². The van der Waals surface area contributed by atoms with Gasteiger partial charge in [0.05, 0.1) is 11.1 Å². The van der Waals surface area contributed by atoms with Crippen LogP contribution in [0.5, 0.6) is 0 Å². The third-order valence-electron chi connectivity index (χ3n) is 2.64. The quantitative estimate of drug-likeness (QED) is 0.830. The van der Waals surface area contributed by atoms with Crippen molar-refractivity contribution in [2.24, 2.45) is 5.73 Å².